The van der Waals surface area contributed by atoms with E-state index in [-0.39, 0.29) is 11.8 Å². The summed E-state index contributed by atoms with van der Waals surface area (Å²) < 4.78 is 0. The average Bonchev–Trinajstić information content (AvgIpc) is 2.86. The number of likely N-dealkylation sites (tertiary alicyclic amines) is 1. The second-order valence-corrected chi connectivity index (χ2v) is 6.20. The second-order valence-electron chi connectivity index (χ2n) is 6.20. The van der Waals surface area contributed by atoms with Crippen molar-refractivity contribution in [2.24, 2.45) is 17.6 Å². The van der Waals surface area contributed by atoms with Gasteiger partial charge in [0.15, 0.2) is 0 Å². The van der Waals surface area contributed by atoms with Crippen LogP contribution in [0.15, 0.2) is 0 Å². The Kier molecular flexibility index (Phi) is 5.04. The van der Waals surface area contributed by atoms with Crippen molar-refractivity contribution in [3.05, 3.63) is 0 Å². The maximum Gasteiger partial charge on any atom is 0.226 e. The quantitative estimate of drug-likeness (QED) is 0.835. The van der Waals surface area contributed by atoms with Crippen molar-refractivity contribution in [2.45, 2.75) is 64.3 Å². The molecule has 2 unspecified atom stereocenters. The van der Waals surface area contributed by atoms with E-state index in [1.807, 2.05) is 6.92 Å². The van der Waals surface area contributed by atoms with Gasteiger partial charge in [-0.25, -0.2) is 0 Å². The van der Waals surface area contributed by atoms with Gasteiger partial charge in [0.1, 0.15) is 0 Å². The van der Waals surface area contributed by atoms with Crippen LogP contribution in [0.2, 0.25) is 0 Å². The fourth-order valence-corrected chi connectivity index (χ4v) is 3.56. The number of hydrogen-bond acceptors (Lipinski definition) is 2. The number of nitrogens with two attached hydrogens (primary N) is 1. The molecule has 1 amide bonds. The normalized spacial score (nSPS) is 27.4. The predicted octanol–water partition coefficient (Wildman–Crippen LogP) is 2.54. The van der Waals surface area contributed by atoms with Crippen LogP contribution in [0.3, 0.4) is 0 Å². The van der Waals surface area contributed by atoms with Gasteiger partial charge in [-0.3, -0.25) is 4.79 Å². The van der Waals surface area contributed by atoms with Gasteiger partial charge >= 0.3 is 0 Å². The highest BCUT2D eigenvalue weighted by Crippen LogP contribution is 2.32. The molecule has 0 spiro atoms. The minimum absolute atomic E-state index is 0.00282. The third-order valence-corrected chi connectivity index (χ3v) is 4.77. The first-order valence-corrected chi connectivity index (χ1v) is 7.73. The van der Waals surface area contributed by atoms with Gasteiger partial charge in [-0.2, -0.15) is 0 Å². The summed E-state index contributed by atoms with van der Waals surface area (Å²) in [6, 6.07) is 0.509. The molecule has 2 atom stereocenters. The zero-order valence-electron chi connectivity index (χ0n) is 11.7. The van der Waals surface area contributed by atoms with Crippen LogP contribution in [0, 0.1) is 11.8 Å². The lowest BCUT2D eigenvalue weighted by atomic mass is 9.84. The van der Waals surface area contributed by atoms with E-state index in [9.17, 15) is 4.79 Å². The molecule has 0 radical (unpaired) electrons. The van der Waals surface area contributed by atoms with Crippen LogP contribution >= 0.6 is 0 Å². The van der Waals surface area contributed by atoms with Crippen LogP contribution in [-0.2, 0) is 4.79 Å². The van der Waals surface area contributed by atoms with Gasteiger partial charge in [0.05, 0.1) is 0 Å². The molecule has 2 N–H and O–H groups in total. The number of amides is 1. The number of carbonyl (C=O) groups is 1. The van der Waals surface area contributed by atoms with E-state index in [1.54, 1.807) is 0 Å². The first-order valence-electron chi connectivity index (χ1n) is 7.73. The maximum atomic E-state index is 12.3. The SMILES string of the molecule is CC(CN)C(=O)N1CCCC1CC1CCCCC1. The minimum atomic E-state index is -0.00282. The molecule has 0 aromatic rings. The van der Waals surface area contributed by atoms with E-state index >= 15 is 0 Å². The Labute approximate surface area is 111 Å². The standard InChI is InChI=1S/C15H28N2O/c1-12(11-16)15(18)17-9-5-8-14(17)10-13-6-3-2-4-7-13/h12-14H,2-11,16H2,1H3. The second kappa shape index (κ2) is 6.55. The predicted molar refractivity (Wildman–Crippen MR) is 74.1 cm³/mol. The van der Waals surface area contributed by atoms with Crippen molar-refractivity contribution < 1.29 is 4.79 Å². The van der Waals surface area contributed by atoms with Gasteiger partial charge < -0.3 is 10.6 Å². The molecule has 0 aromatic carbocycles. The number of rotatable bonds is 4. The van der Waals surface area contributed by atoms with Gasteiger partial charge in [0.25, 0.3) is 0 Å². The van der Waals surface area contributed by atoms with E-state index in [0.29, 0.717) is 12.6 Å². The maximum absolute atomic E-state index is 12.3. The van der Waals surface area contributed by atoms with Crippen molar-refractivity contribution >= 4 is 5.91 Å². The molecule has 3 nitrogen and oxygen atoms in total. The summed E-state index contributed by atoms with van der Waals surface area (Å²) in [5.74, 6) is 1.15. The monoisotopic (exact) mass is 252 g/mol. The molecule has 1 saturated carbocycles. The van der Waals surface area contributed by atoms with Crippen LogP contribution in [0.4, 0.5) is 0 Å². The Morgan fingerprint density at radius 1 is 1.22 bits per heavy atom. The molecular formula is C15H28N2O. The van der Waals surface area contributed by atoms with Gasteiger partial charge in [0.2, 0.25) is 5.91 Å². The zero-order chi connectivity index (χ0) is 13.0. The van der Waals surface area contributed by atoms with Crippen molar-refractivity contribution in [1.82, 2.24) is 4.90 Å². The lowest BCUT2D eigenvalue weighted by Crippen LogP contribution is -2.41. The number of carbonyl (C=O) groups excluding carboxylic acids is 1. The van der Waals surface area contributed by atoms with Crippen LogP contribution in [0.5, 0.6) is 0 Å². The topological polar surface area (TPSA) is 46.3 Å². The largest absolute Gasteiger partial charge is 0.339 e. The molecule has 1 heterocycles. The molecule has 1 aliphatic carbocycles. The van der Waals surface area contributed by atoms with E-state index in [2.05, 4.69) is 4.90 Å². The zero-order valence-corrected chi connectivity index (χ0v) is 11.7. The summed E-state index contributed by atoms with van der Waals surface area (Å²) in [4.78, 5) is 14.4. The summed E-state index contributed by atoms with van der Waals surface area (Å²) in [5, 5.41) is 0. The molecule has 1 aliphatic heterocycles. The fourth-order valence-electron chi connectivity index (χ4n) is 3.56. The van der Waals surface area contributed by atoms with Crippen molar-refractivity contribution in [3.63, 3.8) is 0 Å². The molecule has 0 bridgehead atoms. The van der Waals surface area contributed by atoms with Crippen LogP contribution < -0.4 is 5.73 Å². The van der Waals surface area contributed by atoms with Crippen molar-refractivity contribution in [2.75, 3.05) is 13.1 Å². The van der Waals surface area contributed by atoms with Crippen molar-refractivity contribution in [1.29, 1.82) is 0 Å². The molecule has 2 fully saturated rings. The molecule has 0 aromatic heterocycles. The average molecular weight is 252 g/mol. The molecule has 18 heavy (non-hydrogen) atoms. The molecule has 104 valence electrons. The third kappa shape index (κ3) is 3.25. The number of hydrogen-bond donors (Lipinski definition) is 1. The Morgan fingerprint density at radius 2 is 1.94 bits per heavy atom. The summed E-state index contributed by atoms with van der Waals surface area (Å²) in [6.45, 7) is 3.39. The molecule has 2 rings (SSSR count). The summed E-state index contributed by atoms with van der Waals surface area (Å²) in [7, 11) is 0. The first-order chi connectivity index (χ1) is 8.72. The smallest absolute Gasteiger partial charge is 0.226 e. The highest BCUT2D eigenvalue weighted by atomic mass is 16.2. The summed E-state index contributed by atoms with van der Waals surface area (Å²) >= 11 is 0. The third-order valence-electron chi connectivity index (χ3n) is 4.77. The van der Waals surface area contributed by atoms with Crippen molar-refractivity contribution in [3.8, 4) is 0 Å². The lowest BCUT2D eigenvalue weighted by molar-refractivity contribution is -0.135. The lowest BCUT2D eigenvalue weighted by Gasteiger charge is -2.31. The van der Waals surface area contributed by atoms with E-state index < -0.39 is 0 Å². The van der Waals surface area contributed by atoms with E-state index in [1.165, 1.54) is 51.4 Å². The Hall–Kier alpha value is -0.570. The van der Waals surface area contributed by atoms with E-state index in [4.69, 9.17) is 5.73 Å². The molecule has 3 heteroatoms. The van der Waals surface area contributed by atoms with Gasteiger partial charge in [-0.05, 0) is 25.2 Å². The minimum Gasteiger partial charge on any atom is -0.339 e. The fraction of sp³-hybridized carbons (Fsp3) is 0.933. The van der Waals surface area contributed by atoms with E-state index in [0.717, 1.165) is 12.5 Å². The van der Waals surface area contributed by atoms with Gasteiger partial charge in [-0.1, -0.05) is 39.0 Å². The Balaban J connectivity index is 1.88. The summed E-state index contributed by atoms with van der Waals surface area (Å²) in [5.41, 5.74) is 5.62. The Morgan fingerprint density at radius 3 is 2.61 bits per heavy atom. The summed E-state index contributed by atoms with van der Waals surface area (Å²) in [6.07, 6.45) is 10.6. The number of nitrogens with zero attached hydrogens (tertiary/aromatic N) is 1. The highest BCUT2D eigenvalue weighted by Gasteiger charge is 2.32. The highest BCUT2D eigenvalue weighted by molar-refractivity contribution is 5.79. The van der Waals surface area contributed by atoms with Gasteiger partial charge in [-0.15, -0.1) is 0 Å². The van der Waals surface area contributed by atoms with Crippen LogP contribution in [0.1, 0.15) is 58.3 Å². The Bertz CT molecular complexity index is 274. The molecule has 2 aliphatic rings. The van der Waals surface area contributed by atoms with Crippen LogP contribution in [-0.4, -0.2) is 29.9 Å². The van der Waals surface area contributed by atoms with Crippen LogP contribution in [0.25, 0.3) is 0 Å². The van der Waals surface area contributed by atoms with Gasteiger partial charge in [0, 0.05) is 25.0 Å². The molecule has 1 saturated heterocycles. The molecular weight excluding hydrogens is 224 g/mol. The first kappa shape index (κ1) is 13.9.